The maximum absolute atomic E-state index is 4.30. The summed E-state index contributed by atoms with van der Waals surface area (Å²) < 4.78 is 0. The summed E-state index contributed by atoms with van der Waals surface area (Å²) in [6.45, 7) is 0. The third kappa shape index (κ3) is 0.343. The van der Waals surface area contributed by atoms with Gasteiger partial charge in [0.1, 0.15) is 5.82 Å². The molecular formula is C7H6N2. The molecule has 0 saturated heterocycles. The van der Waals surface area contributed by atoms with Crippen molar-refractivity contribution in [2.24, 2.45) is 0 Å². The normalized spacial score (nSPS) is 34.2. The molecule has 44 valence electrons. The van der Waals surface area contributed by atoms with Crippen LogP contribution in [0.5, 0.6) is 0 Å². The topological polar surface area (TPSA) is 25.8 Å². The average Bonchev–Trinajstić information content (AvgIpc) is 2.62. The Labute approximate surface area is 53.0 Å². The first-order chi connectivity index (χ1) is 4.45. The molecule has 2 bridgehead atoms. The van der Waals surface area contributed by atoms with Gasteiger partial charge in [-0.15, -0.1) is 0 Å². The van der Waals surface area contributed by atoms with Crippen LogP contribution in [-0.2, 0) is 0 Å². The molecule has 2 heteroatoms. The largest absolute Gasteiger partial charge is 0.241 e. The number of hydrogen-bond acceptors (Lipinski definition) is 2. The van der Waals surface area contributed by atoms with E-state index in [1.54, 1.807) is 0 Å². The summed E-state index contributed by atoms with van der Waals surface area (Å²) in [6.07, 6.45) is 3.17. The van der Waals surface area contributed by atoms with Crippen LogP contribution in [0.1, 0.15) is 29.8 Å². The van der Waals surface area contributed by atoms with E-state index in [0.717, 1.165) is 17.7 Å². The average molecular weight is 118 g/mol. The van der Waals surface area contributed by atoms with Crippen LogP contribution in [0.4, 0.5) is 0 Å². The predicted octanol–water partition coefficient (Wildman–Crippen LogP) is 1.06. The third-order valence-corrected chi connectivity index (χ3v) is 2.20. The maximum atomic E-state index is 4.30. The molecule has 2 aliphatic rings. The van der Waals surface area contributed by atoms with E-state index >= 15 is 0 Å². The Morgan fingerprint density at radius 2 is 2.44 bits per heavy atom. The summed E-state index contributed by atoms with van der Waals surface area (Å²) in [7, 11) is 0. The van der Waals surface area contributed by atoms with Gasteiger partial charge in [0.25, 0.3) is 0 Å². The summed E-state index contributed by atoms with van der Waals surface area (Å²) in [5.41, 5.74) is 1.27. The molecule has 0 spiro atoms. The van der Waals surface area contributed by atoms with E-state index in [-0.39, 0.29) is 0 Å². The van der Waals surface area contributed by atoms with Gasteiger partial charge in [0.05, 0.1) is 0 Å². The number of fused-ring (bicyclic) bond motifs is 5. The van der Waals surface area contributed by atoms with Crippen molar-refractivity contribution in [3.05, 3.63) is 23.8 Å². The fraction of sp³-hybridized carbons (Fsp3) is 0.429. The van der Waals surface area contributed by atoms with Crippen molar-refractivity contribution in [3.63, 3.8) is 0 Å². The molecule has 1 aliphatic carbocycles. The first kappa shape index (κ1) is 3.99. The van der Waals surface area contributed by atoms with E-state index in [2.05, 4.69) is 9.97 Å². The second kappa shape index (κ2) is 1.01. The number of hydrogen-bond donors (Lipinski definition) is 0. The summed E-state index contributed by atoms with van der Waals surface area (Å²) in [5, 5.41) is 0. The lowest BCUT2D eigenvalue weighted by Gasteiger charge is -1.89. The zero-order valence-corrected chi connectivity index (χ0v) is 4.91. The van der Waals surface area contributed by atoms with Crippen LogP contribution < -0.4 is 0 Å². The summed E-state index contributed by atoms with van der Waals surface area (Å²) >= 11 is 0. The molecule has 2 heterocycles. The Balaban J connectivity index is 2.37. The first-order valence-corrected chi connectivity index (χ1v) is 3.28. The lowest BCUT2D eigenvalue weighted by Crippen LogP contribution is -1.86. The number of nitrogens with zero attached hydrogens (tertiary/aromatic N) is 2. The quantitative estimate of drug-likeness (QED) is 0.509. The van der Waals surface area contributed by atoms with E-state index in [0.29, 0.717) is 0 Å². The molecule has 2 atom stereocenters. The SMILES string of the molecule is c1cc2nc(n1)C1CC21. The lowest BCUT2D eigenvalue weighted by atomic mass is 10.3. The van der Waals surface area contributed by atoms with E-state index in [4.69, 9.17) is 0 Å². The Bertz CT molecular complexity index is 246. The van der Waals surface area contributed by atoms with Crippen molar-refractivity contribution in [1.29, 1.82) is 0 Å². The van der Waals surface area contributed by atoms with Gasteiger partial charge in [0, 0.05) is 23.7 Å². The molecule has 0 radical (unpaired) electrons. The molecular weight excluding hydrogens is 112 g/mol. The van der Waals surface area contributed by atoms with Crippen LogP contribution in [0, 0.1) is 0 Å². The van der Waals surface area contributed by atoms with Gasteiger partial charge in [-0.05, 0) is 12.5 Å². The van der Waals surface area contributed by atoms with Crippen molar-refractivity contribution in [1.82, 2.24) is 9.97 Å². The van der Waals surface area contributed by atoms with Gasteiger partial charge in [-0.2, -0.15) is 0 Å². The smallest absolute Gasteiger partial charge is 0.132 e. The Morgan fingerprint density at radius 3 is 3.22 bits per heavy atom. The molecule has 1 fully saturated rings. The molecule has 0 aromatic carbocycles. The van der Waals surface area contributed by atoms with Crippen LogP contribution in [0.2, 0.25) is 0 Å². The second-order valence-corrected chi connectivity index (χ2v) is 2.79. The van der Waals surface area contributed by atoms with Crippen molar-refractivity contribution in [2.45, 2.75) is 18.3 Å². The van der Waals surface area contributed by atoms with E-state index in [1.165, 1.54) is 12.1 Å². The van der Waals surface area contributed by atoms with Gasteiger partial charge in [-0.1, -0.05) is 0 Å². The van der Waals surface area contributed by atoms with Gasteiger partial charge in [-0.3, -0.25) is 0 Å². The molecule has 9 heavy (non-hydrogen) atoms. The van der Waals surface area contributed by atoms with Crippen molar-refractivity contribution >= 4 is 0 Å². The molecule has 2 nitrogen and oxygen atoms in total. The molecule has 1 aromatic heterocycles. The van der Waals surface area contributed by atoms with Crippen molar-refractivity contribution in [3.8, 4) is 0 Å². The summed E-state index contributed by atoms with van der Waals surface area (Å²) in [4.78, 5) is 8.47. The molecule has 1 saturated carbocycles. The highest BCUT2D eigenvalue weighted by atomic mass is 15.0. The Kier molecular flexibility index (Phi) is 0.448. The minimum absolute atomic E-state index is 0.718. The molecule has 0 N–H and O–H groups in total. The van der Waals surface area contributed by atoms with Crippen LogP contribution in [0.25, 0.3) is 0 Å². The summed E-state index contributed by atoms with van der Waals surface area (Å²) in [5.74, 6) is 2.56. The van der Waals surface area contributed by atoms with Crippen LogP contribution in [-0.4, -0.2) is 9.97 Å². The Morgan fingerprint density at radius 1 is 1.44 bits per heavy atom. The van der Waals surface area contributed by atoms with Gasteiger partial charge in [0.15, 0.2) is 0 Å². The minimum Gasteiger partial charge on any atom is -0.241 e. The molecule has 2 unspecified atom stereocenters. The monoisotopic (exact) mass is 118 g/mol. The zero-order valence-electron chi connectivity index (χ0n) is 4.91. The molecule has 1 aromatic rings. The fourth-order valence-electron chi connectivity index (χ4n) is 1.58. The number of rotatable bonds is 0. The van der Waals surface area contributed by atoms with Gasteiger partial charge >= 0.3 is 0 Å². The van der Waals surface area contributed by atoms with Gasteiger partial charge in [-0.25, -0.2) is 9.97 Å². The second-order valence-electron chi connectivity index (χ2n) is 2.79. The molecule has 0 amide bonds. The van der Waals surface area contributed by atoms with Crippen molar-refractivity contribution in [2.75, 3.05) is 0 Å². The number of aromatic nitrogens is 2. The van der Waals surface area contributed by atoms with Gasteiger partial charge < -0.3 is 0 Å². The first-order valence-electron chi connectivity index (χ1n) is 3.28. The zero-order chi connectivity index (χ0) is 5.84. The highest BCUT2D eigenvalue weighted by Crippen LogP contribution is 2.56. The lowest BCUT2D eigenvalue weighted by molar-refractivity contribution is 0.967. The fourth-order valence-corrected chi connectivity index (χ4v) is 1.58. The van der Waals surface area contributed by atoms with Gasteiger partial charge in [0.2, 0.25) is 0 Å². The summed E-state index contributed by atoms with van der Waals surface area (Å²) in [6, 6.07) is 2.03. The van der Waals surface area contributed by atoms with E-state index in [1.807, 2.05) is 12.3 Å². The van der Waals surface area contributed by atoms with E-state index < -0.39 is 0 Å². The highest BCUT2D eigenvalue weighted by Gasteiger charge is 2.47. The molecule has 1 aliphatic heterocycles. The van der Waals surface area contributed by atoms with E-state index in [9.17, 15) is 0 Å². The molecule has 3 rings (SSSR count). The predicted molar refractivity (Wildman–Crippen MR) is 32.1 cm³/mol. The maximum Gasteiger partial charge on any atom is 0.132 e. The van der Waals surface area contributed by atoms with Crippen LogP contribution in [0.15, 0.2) is 12.3 Å². The standard InChI is InChI=1S/C7H6N2/c1-2-8-7-5-3-4(5)6(1)9-7/h1-2,4-5H,3H2. The Hall–Kier alpha value is -0.920. The highest BCUT2D eigenvalue weighted by molar-refractivity contribution is 5.32. The third-order valence-electron chi connectivity index (χ3n) is 2.20. The van der Waals surface area contributed by atoms with Crippen LogP contribution >= 0.6 is 0 Å². The van der Waals surface area contributed by atoms with Crippen LogP contribution in [0.3, 0.4) is 0 Å². The van der Waals surface area contributed by atoms with Crippen molar-refractivity contribution < 1.29 is 0 Å². The minimum atomic E-state index is 0.718.